The molecule has 0 saturated heterocycles. The Morgan fingerprint density at radius 2 is 2.18 bits per heavy atom. The van der Waals surface area contributed by atoms with E-state index in [0.29, 0.717) is 5.92 Å². The fourth-order valence-corrected chi connectivity index (χ4v) is 4.10. The minimum absolute atomic E-state index is 0.0622. The van der Waals surface area contributed by atoms with Gasteiger partial charge in [-0.05, 0) is 61.3 Å². The second kappa shape index (κ2) is 4.24. The highest BCUT2D eigenvalue weighted by Gasteiger charge is 2.60. The predicted octanol–water partition coefficient (Wildman–Crippen LogP) is 3.10. The number of hydrogen-bond donors (Lipinski definition) is 1. The van der Waals surface area contributed by atoms with Crippen LogP contribution in [0.25, 0.3) is 0 Å². The zero-order chi connectivity index (χ0) is 12.7. The summed E-state index contributed by atoms with van der Waals surface area (Å²) in [4.78, 5) is 10.5. The van der Waals surface area contributed by atoms with Crippen LogP contribution in [0.1, 0.15) is 52.9 Å². The third-order valence-electron chi connectivity index (χ3n) is 5.33. The van der Waals surface area contributed by atoms with Crippen molar-refractivity contribution in [2.24, 2.45) is 16.7 Å². The highest BCUT2D eigenvalue weighted by Crippen LogP contribution is 2.64. The first-order valence-electron chi connectivity index (χ1n) is 6.72. The summed E-state index contributed by atoms with van der Waals surface area (Å²) < 4.78 is 0. The lowest BCUT2D eigenvalue weighted by Gasteiger charge is -2.41. The van der Waals surface area contributed by atoms with Gasteiger partial charge in [-0.15, -0.1) is 0 Å². The maximum absolute atomic E-state index is 10.5. The van der Waals surface area contributed by atoms with Gasteiger partial charge in [0.1, 0.15) is 6.29 Å². The Morgan fingerprint density at radius 3 is 2.71 bits per heavy atom. The smallest absolute Gasteiger partial charge is 0.145 e. The Hall–Kier alpha value is -0.630. The second-order valence-corrected chi connectivity index (χ2v) is 6.61. The SMILES string of the molecule is C/C(C=O)=C\CC[C@]1(C)[C@H]2CC[C@](C)(C2)[C@H]1O. The molecule has 2 heteroatoms. The molecule has 0 aromatic rings. The lowest BCUT2D eigenvalue weighted by atomic mass is 9.66. The average molecular weight is 236 g/mol. The van der Waals surface area contributed by atoms with E-state index in [4.69, 9.17) is 0 Å². The van der Waals surface area contributed by atoms with Crippen molar-refractivity contribution < 1.29 is 9.90 Å². The van der Waals surface area contributed by atoms with E-state index in [1.165, 1.54) is 19.3 Å². The Labute approximate surface area is 104 Å². The maximum atomic E-state index is 10.5. The topological polar surface area (TPSA) is 37.3 Å². The van der Waals surface area contributed by atoms with Crippen molar-refractivity contribution >= 4 is 6.29 Å². The van der Waals surface area contributed by atoms with Gasteiger partial charge in [-0.3, -0.25) is 4.79 Å². The van der Waals surface area contributed by atoms with E-state index < -0.39 is 0 Å². The van der Waals surface area contributed by atoms with Crippen LogP contribution in [-0.2, 0) is 4.79 Å². The molecule has 1 N–H and O–H groups in total. The summed E-state index contributed by atoms with van der Waals surface area (Å²) in [5, 5.41) is 10.5. The van der Waals surface area contributed by atoms with Crippen molar-refractivity contribution in [1.29, 1.82) is 0 Å². The fourth-order valence-electron chi connectivity index (χ4n) is 4.10. The summed E-state index contributed by atoms with van der Waals surface area (Å²) in [6.45, 7) is 6.31. The van der Waals surface area contributed by atoms with Crippen LogP contribution in [-0.4, -0.2) is 17.5 Å². The van der Waals surface area contributed by atoms with Crippen LogP contribution >= 0.6 is 0 Å². The molecule has 2 nitrogen and oxygen atoms in total. The maximum Gasteiger partial charge on any atom is 0.145 e. The Balaban J connectivity index is 2.03. The summed E-state index contributed by atoms with van der Waals surface area (Å²) >= 11 is 0. The minimum atomic E-state index is -0.168. The van der Waals surface area contributed by atoms with Crippen LogP contribution in [0, 0.1) is 16.7 Å². The van der Waals surface area contributed by atoms with Crippen molar-refractivity contribution in [3.05, 3.63) is 11.6 Å². The molecular formula is C15H24O2. The van der Waals surface area contributed by atoms with Crippen molar-refractivity contribution in [3.8, 4) is 0 Å². The number of allylic oxidation sites excluding steroid dienone is 2. The predicted molar refractivity (Wildman–Crippen MR) is 68.6 cm³/mol. The second-order valence-electron chi connectivity index (χ2n) is 6.61. The van der Waals surface area contributed by atoms with Crippen molar-refractivity contribution in [1.82, 2.24) is 0 Å². The van der Waals surface area contributed by atoms with Crippen molar-refractivity contribution in [2.75, 3.05) is 0 Å². The molecule has 2 bridgehead atoms. The van der Waals surface area contributed by atoms with Gasteiger partial charge in [0.15, 0.2) is 0 Å². The van der Waals surface area contributed by atoms with E-state index in [1.807, 2.05) is 13.0 Å². The third kappa shape index (κ3) is 1.97. The van der Waals surface area contributed by atoms with Crippen LogP contribution < -0.4 is 0 Å². The molecule has 0 amide bonds. The standard InChI is InChI=1S/C15H24O2/c1-11(10-16)5-4-7-15(3)12-6-8-14(2,9-12)13(15)17/h5,10,12-13,17H,4,6-9H2,1-3H3/b11-5+/t12-,13+,14+,15+/m0/s1. The van der Waals surface area contributed by atoms with Crippen LogP contribution in [0.15, 0.2) is 11.6 Å². The lowest BCUT2D eigenvalue weighted by Crippen LogP contribution is -2.42. The zero-order valence-corrected chi connectivity index (χ0v) is 11.2. The van der Waals surface area contributed by atoms with Gasteiger partial charge in [0.25, 0.3) is 0 Å². The Morgan fingerprint density at radius 1 is 1.47 bits per heavy atom. The van der Waals surface area contributed by atoms with Crippen LogP contribution in [0.5, 0.6) is 0 Å². The fraction of sp³-hybridized carbons (Fsp3) is 0.800. The molecule has 4 atom stereocenters. The van der Waals surface area contributed by atoms with Gasteiger partial charge in [-0.1, -0.05) is 19.9 Å². The number of carbonyl (C=O) groups excluding carboxylic acids is 1. The zero-order valence-electron chi connectivity index (χ0n) is 11.2. The number of fused-ring (bicyclic) bond motifs is 2. The molecular weight excluding hydrogens is 212 g/mol. The molecule has 2 saturated carbocycles. The molecule has 0 spiro atoms. The van der Waals surface area contributed by atoms with E-state index in [2.05, 4.69) is 13.8 Å². The summed E-state index contributed by atoms with van der Waals surface area (Å²) in [6, 6.07) is 0. The first-order chi connectivity index (χ1) is 7.92. The van der Waals surface area contributed by atoms with Gasteiger partial charge in [0.2, 0.25) is 0 Å². The van der Waals surface area contributed by atoms with Crippen LogP contribution in [0.4, 0.5) is 0 Å². The van der Waals surface area contributed by atoms with Crippen LogP contribution in [0.3, 0.4) is 0 Å². The number of carbonyl (C=O) groups is 1. The molecule has 96 valence electrons. The molecule has 0 radical (unpaired) electrons. The third-order valence-corrected chi connectivity index (χ3v) is 5.33. The van der Waals surface area contributed by atoms with E-state index in [1.54, 1.807) is 0 Å². The number of aldehydes is 1. The largest absolute Gasteiger partial charge is 0.392 e. The van der Waals surface area contributed by atoms with Crippen molar-refractivity contribution in [3.63, 3.8) is 0 Å². The van der Waals surface area contributed by atoms with E-state index in [-0.39, 0.29) is 16.9 Å². The average Bonchev–Trinajstić information content (AvgIpc) is 2.77. The molecule has 0 aromatic carbocycles. The van der Waals surface area contributed by atoms with Crippen molar-refractivity contribution in [2.45, 2.75) is 59.0 Å². The molecule has 0 unspecified atom stereocenters. The number of aliphatic hydroxyl groups excluding tert-OH is 1. The minimum Gasteiger partial charge on any atom is -0.392 e. The quantitative estimate of drug-likeness (QED) is 0.601. The summed E-state index contributed by atoms with van der Waals surface area (Å²) in [5.74, 6) is 0.674. The number of rotatable bonds is 4. The Bertz CT molecular complexity index is 347. The molecule has 2 aliphatic carbocycles. The Kier molecular flexibility index (Phi) is 3.19. The number of aliphatic hydroxyl groups is 1. The van der Waals surface area contributed by atoms with E-state index in [9.17, 15) is 9.90 Å². The first-order valence-corrected chi connectivity index (χ1v) is 6.72. The molecule has 2 aliphatic rings. The van der Waals surface area contributed by atoms with Gasteiger partial charge in [0.05, 0.1) is 6.10 Å². The lowest BCUT2D eigenvalue weighted by molar-refractivity contribution is -0.104. The van der Waals surface area contributed by atoms with Crippen LogP contribution in [0.2, 0.25) is 0 Å². The van der Waals surface area contributed by atoms with Gasteiger partial charge in [0, 0.05) is 0 Å². The normalized spacial score (nSPS) is 45.3. The molecule has 0 aliphatic heterocycles. The highest BCUT2D eigenvalue weighted by molar-refractivity contribution is 5.71. The summed E-state index contributed by atoms with van der Waals surface area (Å²) in [5.41, 5.74) is 1.02. The monoisotopic (exact) mass is 236 g/mol. The molecule has 0 aromatic heterocycles. The number of hydrogen-bond acceptors (Lipinski definition) is 2. The van der Waals surface area contributed by atoms with Gasteiger partial charge < -0.3 is 5.11 Å². The molecule has 0 heterocycles. The summed E-state index contributed by atoms with van der Waals surface area (Å²) in [7, 11) is 0. The van der Waals surface area contributed by atoms with Gasteiger partial charge in [-0.25, -0.2) is 0 Å². The highest BCUT2D eigenvalue weighted by atomic mass is 16.3. The molecule has 17 heavy (non-hydrogen) atoms. The molecule has 2 rings (SSSR count). The first kappa shape index (κ1) is 12.8. The van der Waals surface area contributed by atoms with E-state index >= 15 is 0 Å². The van der Waals surface area contributed by atoms with E-state index in [0.717, 1.165) is 24.7 Å². The van der Waals surface area contributed by atoms with Gasteiger partial charge in [-0.2, -0.15) is 0 Å². The molecule has 2 fully saturated rings. The van der Waals surface area contributed by atoms with Gasteiger partial charge >= 0.3 is 0 Å². The summed E-state index contributed by atoms with van der Waals surface area (Å²) in [6.07, 6.45) is 8.27.